The topological polar surface area (TPSA) is 80.2 Å². The summed E-state index contributed by atoms with van der Waals surface area (Å²) in [6.07, 6.45) is 4.43. The van der Waals surface area contributed by atoms with Gasteiger partial charge in [0.15, 0.2) is 0 Å². The number of carbonyl (C=O) groups excluding carboxylic acids is 1. The molecule has 7 heteroatoms. The molecule has 0 spiro atoms. The summed E-state index contributed by atoms with van der Waals surface area (Å²) >= 11 is 0. The monoisotopic (exact) mass is 251 g/mol. The molecule has 98 valence electrons. The lowest BCUT2D eigenvalue weighted by molar-refractivity contribution is 0.0983. The predicted octanol–water partition coefficient (Wildman–Crippen LogP) is 0.904. The van der Waals surface area contributed by atoms with E-state index in [2.05, 4.69) is 20.3 Å². The van der Waals surface area contributed by atoms with Gasteiger partial charge in [0.1, 0.15) is 12.7 Å². The molecule has 7 nitrogen and oxygen atoms in total. The van der Waals surface area contributed by atoms with E-state index in [0.29, 0.717) is 25.6 Å². The van der Waals surface area contributed by atoms with E-state index in [1.165, 1.54) is 12.7 Å². The molecule has 0 aliphatic carbocycles. The molecule has 0 radical (unpaired) electrons. The molecule has 2 heterocycles. The number of aromatic nitrogens is 3. The summed E-state index contributed by atoms with van der Waals surface area (Å²) in [5.41, 5.74) is 0. The van der Waals surface area contributed by atoms with Gasteiger partial charge in [-0.3, -0.25) is 0 Å². The highest BCUT2D eigenvalue weighted by molar-refractivity contribution is 5.67. The molecule has 0 saturated carbocycles. The number of ether oxygens (including phenoxy) is 1. The smallest absolute Gasteiger partial charge is 0.409 e. The van der Waals surface area contributed by atoms with Crippen molar-refractivity contribution in [2.75, 3.05) is 25.0 Å². The van der Waals surface area contributed by atoms with Gasteiger partial charge in [-0.15, -0.1) is 0 Å². The van der Waals surface area contributed by atoms with Crippen LogP contribution in [0.25, 0.3) is 0 Å². The van der Waals surface area contributed by atoms with Gasteiger partial charge < -0.3 is 15.0 Å². The van der Waals surface area contributed by atoms with Crippen molar-refractivity contribution in [2.24, 2.45) is 0 Å². The molecule has 1 N–H and O–H groups in total. The average molecular weight is 251 g/mol. The highest BCUT2D eigenvalue weighted by Crippen LogP contribution is 2.14. The Morgan fingerprint density at radius 1 is 1.44 bits per heavy atom. The van der Waals surface area contributed by atoms with E-state index in [0.717, 1.165) is 12.8 Å². The van der Waals surface area contributed by atoms with Gasteiger partial charge in [0.2, 0.25) is 5.95 Å². The predicted molar refractivity (Wildman–Crippen MR) is 65.1 cm³/mol. The van der Waals surface area contributed by atoms with Crippen LogP contribution in [0, 0.1) is 0 Å². The van der Waals surface area contributed by atoms with Crippen LogP contribution in [-0.2, 0) is 4.74 Å². The van der Waals surface area contributed by atoms with Gasteiger partial charge in [-0.25, -0.2) is 19.7 Å². The molecule has 1 aliphatic heterocycles. The average Bonchev–Trinajstić information content (AvgIpc) is 2.41. The van der Waals surface area contributed by atoms with Gasteiger partial charge in [-0.05, 0) is 19.8 Å². The Balaban J connectivity index is 1.78. The maximum absolute atomic E-state index is 11.5. The second kappa shape index (κ2) is 6.13. The summed E-state index contributed by atoms with van der Waals surface area (Å²) < 4.78 is 4.97. The third kappa shape index (κ3) is 3.28. The number of nitrogens with zero attached hydrogens (tertiary/aromatic N) is 4. The van der Waals surface area contributed by atoms with Crippen LogP contribution in [-0.4, -0.2) is 51.7 Å². The maximum atomic E-state index is 11.5. The lowest BCUT2D eigenvalue weighted by Crippen LogP contribution is -2.42. The highest BCUT2D eigenvalue weighted by atomic mass is 16.6. The standard InChI is InChI=1S/C11H17N5O2/c1-2-18-11(17)16-5-3-9(4-6-16)15-10-13-7-12-8-14-10/h7-9H,2-6H2,1H3,(H,12,13,14,15). The quantitative estimate of drug-likeness (QED) is 0.859. The highest BCUT2D eigenvalue weighted by Gasteiger charge is 2.23. The molecule has 1 aliphatic rings. The Hall–Kier alpha value is -1.92. The third-order valence-corrected chi connectivity index (χ3v) is 2.85. The molecule has 1 aromatic heterocycles. The normalized spacial score (nSPS) is 16.4. The lowest BCUT2D eigenvalue weighted by atomic mass is 10.1. The number of piperidine rings is 1. The van der Waals surface area contributed by atoms with Gasteiger partial charge in [-0.2, -0.15) is 0 Å². The summed E-state index contributed by atoms with van der Waals surface area (Å²) in [5.74, 6) is 0.583. The van der Waals surface area contributed by atoms with Crippen molar-refractivity contribution in [1.82, 2.24) is 19.9 Å². The zero-order chi connectivity index (χ0) is 12.8. The van der Waals surface area contributed by atoms with E-state index in [9.17, 15) is 4.79 Å². The van der Waals surface area contributed by atoms with Crippen LogP contribution in [0.2, 0.25) is 0 Å². The van der Waals surface area contributed by atoms with E-state index in [1.54, 1.807) is 4.90 Å². The zero-order valence-corrected chi connectivity index (χ0v) is 10.4. The van der Waals surface area contributed by atoms with E-state index >= 15 is 0 Å². The van der Waals surface area contributed by atoms with Crippen molar-refractivity contribution in [1.29, 1.82) is 0 Å². The minimum absolute atomic E-state index is 0.226. The van der Waals surface area contributed by atoms with Crippen LogP contribution in [0.4, 0.5) is 10.7 Å². The van der Waals surface area contributed by atoms with Crippen LogP contribution in [0.1, 0.15) is 19.8 Å². The summed E-state index contributed by atoms with van der Waals surface area (Å²) in [6, 6.07) is 0.290. The minimum Gasteiger partial charge on any atom is -0.450 e. The number of carbonyl (C=O) groups is 1. The number of anilines is 1. The molecular formula is C11H17N5O2. The summed E-state index contributed by atoms with van der Waals surface area (Å²) in [6.45, 7) is 3.62. The second-order valence-corrected chi connectivity index (χ2v) is 4.07. The first-order valence-electron chi connectivity index (χ1n) is 6.10. The number of rotatable bonds is 3. The summed E-state index contributed by atoms with van der Waals surface area (Å²) in [5, 5.41) is 3.23. The molecule has 1 aromatic rings. The maximum Gasteiger partial charge on any atom is 0.409 e. The van der Waals surface area contributed by atoms with Crippen LogP contribution in [0.5, 0.6) is 0 Å². The molecule has 0 bridgehead atoms. The molecular weight excluding hydrogens is 234 g/mol. The van der Waals surface area contributed by atoms with Gasteiger partial charge in [0, 0.05) is 19.1 Å². The van der Waals surface area contributed by atoms with Gasteiger partial charge in [0.25, 0.3) is 0 Å². The van der Waals surface area contributed by atoms with Gasteiger partial charge in [-0.1, -0.05) is 0 Å². The van der Waals surface area contributed by atoms with E-state index in [4.69, 9.17) is 4.74 Å². The van der Waals surface area contributed by atoms with Crippen LogP contribution < -0.4 is 5.32 Å². The largest absolute Gasteiger partial charge is 0.450 e. The van der Waals surface area contributed by atoms with Crippen LogP contribution in [0.15, 0.2) is 12.7 Å². The van der Waals surface area contributed by atoms with Crippen molar-refractivity contribution in [3.8, 4) is 0 Å². The molecule has 1 fully saturated rings. The molecule has 0 aromatic carbocycles. The minimum atomic E-state index is -0.226. The molecule has 0 unspecified atom stereocenters. The van der Waals surface area contributed by atoms with Crippen molar-refractivity contribution in [3.63, 3.8) is 0 Å². The molecule has 1 saturated heterocycles. The number of amides is 1. The molecule has 0 atom stereocenters. The number of hydrogen-bond donors (Lipinski definition) is 1. The van der Waals surface area contributed by atoms with Crippen LogP contribution in [0.3, 0.4) is 0 Å². The van der Waals surface area contributed by atoms with Crippen LogP contribution >= 0.6 is 0 Å². The van der Waals surface area contributed by atoms with Gasteiger partial charge >= 0.3 is 6.09 Å². The third-order valence-electron chi connectivity index (χ3n) is 2.85. The Morgan fingerprint density at radius 3 is 2.72 bits per heavy atom. The first-order valence-corrected chi connectivity index (χ1v) is 6.10. The fourth-order valence-corrected chi connectivity index (χ4v) is 1.92. The Morgan fingerprint density at radius 2 is 2.11 bits per heavy atom. The summed E-state index contributed by atoms with van der Waals surface area (Å²) in [4.78, 5) is 25.0. The van der Waals surface area contributed by atoms with Gasteiger partial charge in [0.05, 0.1) is 6.61 Å². The summed E-state index contributed by atoms with van der Waals surface area (Å²) in [7, 11) is 0. The zero-order valence-electron chi connectivity index (χ0n) is 10.4. The van der Waals surface area contributed by atoms with E-state index in [1.807, 2.05) is 6.92 Å². The van der Waals surface area contributed by atoms with Crippen molar-refractivity contribution < 1.29 is 9.53 Å². The Kier molecular flexibility index (Phi) is 4.27. The molecule has 18 heavy (non-hydrogen) atoms. The van der Waals surface area contributed by atoms with E-state index in [-0.39, 0.29) is 12.1 Å². The Bertz CT molecular complexity index is 378. The number of nitrogens with one attached hydrogen (secondary N) is 1. The fraction of sp³-hybridized carbons (Fsp3) is 0.636. The SMILES string of the molecule is CCOC(=O)N1CCC(Nc2ncncn2)CC1. The first kappa shape index (κ1) is 12.5. The van der Waals surface area contributed by atoms with Crippen molar-refractivity contribution >= 4 is 12.0 Å². The Labute approximate surface area is 106 Å². The lowest BCUT2D eigenvalue weighted by Gasteiger charge is -2.31. The van der Waals surface area contributed by atoms with Crippen molar-refractivity contribution in [3.05, 3.63) is 12.7 Å². The first-order chi connectivity index (χ1) is 8.79. The fourth-order valence-electron chi connectivity index (χ4n) is 1.92. The van der Waals surface area contributed by atoms with E-state index < -0.39 is 0 Å². The molecule has 2 rings (SSSR count). The van der Waals surface area contributed by atoms with Crippen molar-refractivity contribution in [2.45, 2.75) is 25.8 Å². The molecule has 1 amide bonds. The second-order valence-electron chi connectivity index (χ2n) is 4.07. The number of hydrogen-bond acceptors (Lipinski definition) is 6. The number of likely N-dealkylation sites (tertiary alicyclic amines) is 1.